The predicted molar refractivity (Wildman–Crippen MR) is 116 cm³/mol. The third-order valence-electron chi connectivity index (χ3n) is 4.43. The van der Waals surface area contributed by atoms with E-state index >= 15 is 0 Å². The van der Waals surface area contributed by atoms with Gasteiger partial charge in [-0.05, 0) is 30.5 Å². The molecular weight excluding hydrogens is 423 g/mol. The fourth-order valence-electron chi connectivity index (χ4n) is 3.24. The molecule has 31 heavy (non-hydrogen) atoms. The van der Waals surface area contributed by atoms with Crippen molar-refractivity contribution < 1.29 is 33.3 Å². The Bertz CT molecular complexity index is 959. The summed E-state index contributed by atoms with van der Waals surface area (Å²) in [6.07, 6.45) is -0.101. The molecule has 1 amide bonds. The number of carbonyl (C=O) groups is 3. The van der Waals surface area contributed by atoms with Gasteiger partial charge in [0.05, 0.1) is 43.6 Å². The molecule has 2 rings (SSSR count). The molecule has 9 nitrogen and oxygen atoms in total. The first-order valence-electron chi connectivity index (χ1n) is 9.67. The topological polar surface area (TPSA) is 125 Å². The van der Waals surface area contributed by atoms with Crippen LogP contribution >= 0.6 is 7.29 Å². The molecule has 0 atom stereocenters. The van der Waals surface area contributed by atoms with Crippen molar-refractivity contribution in [3.05, 3.63) is 41.0 Å². The minimum absolute atomic E-state index is 0.0146. The van der Waals surface area contributed by atoms with Crippen LogP contribution in [0.1, 0.15) is 40.1 Å². The molecule has 0 spiro atoms. The number of nitrogens with zero attached hydrogens (tertiary/aromatic N) is 1. The minimum Gasteiger partial charge on any atom is -0.462 e. The summed E-state index contributed by atoms with van der Waals surface area (Å²) in [7, 11) is -1.69. The quantitative estimate of drug-likeness (QED) is 0.369. The maximum Gasteiger partial charge on any atom is 0.340 e. The highest BCUT2D eigenvalue weighted by molar-refractivity contribution is 7.60. The van der Waals surface area contributed by atoms with E-state index in [1.807, 2.05) is 0 Å². The van der Waals surface area contributed by atoms with Crippen LogP contribution in [-0.4, -0.2) is 56.3 Å². The molecule has 0 saturated heterocycles. The molecule has 2 aliphatic carbocycles. The van der Waals surface area contributed by atoms with E-state index in [9.17, 15) is 18.9 Å². The molecule has 0 unspecified atom stereocenters. The van der Waals surface area contributed by atoms with Crippen LogP contribution in [0.3, 0.4) is 0 Å². The molecule has 0 saturated carbocycles. The summed E-state index contributed by atoms with van der Waals surface area (Å²) in [5, 5.41) is 0. The highest BCUT2D eigenvalue weighted by atomic mass is 31.2. The van der Waals surface area contributed by atoms with Gasteiger partial charge < -0.3 is 15.2 Å². The Morgan fingerprint density at radius 2 is 1.39 bits per heavy atom. The summed E-state index contributed by atoms with van der Waals surface area (Å²) in [6.45, 7) is 6.45. The van der Waals surface area contributed by atoms with Crippen molar-refractivity contribution in [3.8, 4) is 11.1 Å². The van der Waals surface area contributed by atoms with Crippen LogP contribution in [0.25, 0.3) is 11.1 Å². The Labute approximate surface area is 181 Å². The zero-order chi connectivity index (χ0) is 23.3. The van der Waals surface area contributed by atoms with Gasteiger partial charge in [-0.1, -0.05) is 24.3 Å². The lowest BCUT2D eigenvalue weighted by Crippen LogP contribution is -2.27. The fraction of sp³-hybridized carbons (Fsp3) is 0.381. The van der Waals surface area contributed by atoms with E-state index in [1.165, 1.54) is 20.4 Å². The number of ether oxygens (including phenoxy) is 2. The number of hydrogen-bond donors (Lipinski definition) is 1. The van der Waals surface area contributed by atoms with Crippen molar-refractivity contribution in [1.29, 1.82) is 0 Å². The molecule has 10 heteroatoms. The van der Waals surface area contributed by atoms with E-state index in [0.29, 0.717) is 16.7 Å². The molecule has 0 aromatic rings. The number of esters is 2. The molecule has 0 bridgehead atoms. The first-order valence-corrected chi connectivity index (χ1v) is 12.2. The lowest BCUT2D eigenvalue weighted by Gasteiger charge is -2.23. The maximum absolute atomic E-state index is 12.6. The van der Waals surface area contributed by atoms with Gasteiger partial charge in [-0.2, -0.15) is 4.83 Å². The van der Waals surface area contributed by atoms with Crippen LogP contribution in [0.2, 0.25) is 0 Å². The molecule has 0 heterocycles. The molecule has 0 radical (unpaired) electrons. The standard InChI is InChI=1S/C21H27N2O7P/c1-6-29-20(25)17-14-10-8-13(12-16(24)23(28-3)31(4,5)27)9-11-15(14)18(19(17)22)21(26)30-7-2/h8-11H,6-7,12,22H2,1-5H3. The second-order valence-corrected chi connectivity index (χ2v) is 9.94. The van der Waals surface area contributed by atoms with Gasteiger partial charge in [0.2, 0.25) is 0 Å². The third-order valence-corrected chi connectivity index (χ3v) is 5.70. The van der Waals surface area contributed by atoms with Gasteiger partial charge in [0, 0.05) is 13.3 Å². The number of nitrogens with two attached hydrogens (primary N) is 1. The molecule has 168 valence electrons. The van der Waals surface area contributed by atoms with Crippen molar-refractivity contribution in [2.45, 2.75) is 20.3 Å². The molecule has 0 fully saturated rings. The molecular formula is C21H27N2O7P. The fourth-order valence-corrected chi connectivity index (χ4v) is 4.24. The van der Waals surface area contributed by atoms with Crippen LogP contribution in [-0.2, 0) is 30.1 Å². The average molecular weight is 450 g/mol. The van der Waals surface area contributed by atoms with E-state index < -0.39 is 25.1 Å². The summed E-state index contributed by atoms with van der Waals surface area (Å²) in [4.78, 5) is 43.4. The largest absolute Gasteiger partial charge is 0.462 e. The number of anilines is 1. The average Bonchev–Trinajstić information content (AvgIpc) is 2.80. The highest BCUT2D eigenvalue weighted by Crippen LogP contribution is 2.42. The second-order valence-electron chi connectivity index (χ2n) is 6.99. The number of amides is 1. The van der Waals surface area contributed by atoms with Gasteiger partial charge in [-0.25, -0.2) is 9.59 Å². The lowest BCUT2D eigenvalue weighted by molar-refractivity contribution is -0.151. The predicted octanol–water partition coefficient (Wildman–Crippen LogP) is 3.20. The Morgan fingerprint density at radius 1 is 0.935 bits per heavy atom. The Hall–Kier alpha value is -2.90. The molecule has 2 aliphatic rings. The first kappa shape index (κ1) is 24.4. The highest BCUT2D eigenvalue weighted by Gasteiger charge is 2.31. The van der Waals surface area contributed by atoms with Crippen LogP contribution in [0.15, 0.2) is 24.3 Å². The number of hydrogen-bond acceptors (Lipinski definition) is 8. The number of rotatable bonds is 8. The smallest absolute Gasteiger partial charge is 0.340 e. The number of hydroxylamine groups is 1. The minimum atomic E-state index is -2.96. The first-order chi connectivity index (χ1) is 14.6. The Morgan fingerprint density at radius 3 is 1.74 bits per heavy atom. The van der Waals surface area contributed by atoms with Crippen LogP contribution in [0.4, 0.5) is 5.69 Å². The van der Waals surface area contributed by atoms with Gasteiger partial charge in [0.15, 0.2) is 7.29 Å². The third kappa shape index (κ3) is 5.24. The maximum atomic E-state index is 12.6. The molecule has 0 aromatic carbocycles. The number of nitrogen functional groups attached to an aromatic ring is 1. The van der Waals surface area contributed by atoms with Crippen molar-refractivity contribution >= 4 is 30.8 Å². The monoisotopic (exact) mass is 450 g/mol. The van der Waals surface area contributed by atoms with Gasteiger partial charge in [-0.3, -0.25) is 14.2 Å². The summed E-state index contributed by atoms with van der Waals surface area (Å²) >= 11 is 0. The van der Waals surface area contributed by atoms with E-state index in [-0.39, 0.29) is 36.4 Å². The summed E-state index contributed by atoms with van der Waals surface area (Å²) in [5.41, 5.74) is 7.61. The van der Waals surface area contributed by atoms with Crippen molar-refractivity contribution in [2.75, 3.05) is 39.4 Å². The zero-order valence-electron chi connectivity index (χ0n) is 18.3. The van der Waals surface area contributed by atoms with Crippen molar-refractivity contribution in [3.63, 3.8) is 0 Å². The number of fused-ring (bicyclic) bond motifs is 1. The Kier molecular flexibility index (Phi) is 7.81. The second kappa shape index (κ2) is 9.94. The van der Waals surface area contributed by atoms with Gasteiger partial charge in [0.25, 0.3) is 5.91 Å². The molecule has 2 N–H and O–H groups in total. The number of carbonyl (C=O) groups excluding carboxylic acids is 3. The van der Waals surface area contributed by atoms with Crippen LogP contribution < -0.4 is 5.73 Å². The zero-order valence-corrected chi connectivity index (χ0v) is 19.2. The summed E-state index contributed by atoms with van der Waals surface area (Å²) in [5.74, 6) is -1.81. The van der Waals surface area contributed by atoms with Gasteiger partial charge >= 0.3 is 11.9 Å². The SMILES string of the molecule is CCOC(=O)c1c2ccc(CC(=O)N(OC)P(C)(C)=O)ccc-2c(C(=O)OCC)c1N. The van der Waals surface area contributed by atoms with E-state index in [2.05, 4.69) is 0 Å². The summed E-state index contributed by atoms with van der Waals surface area (Å²) < 4.78 is 22.5. The van der Waals surface area contributed by atoms with Crippen molar-refractivity contribution in [2.24, 2.45) is 0 Å². The van der Waals surface area contributed by atoms with Gasteiger partial charge in [-0.15, -0.1) is 0 Å². The van der Waals surface area contributed by atoms with E-state index in [1.54, 1.807) is 38.1 Å². The normalized spacial score (nSPS) is 11.3. The van der Waals surface area contributed by atoms with Gasteiger partial charge in [0.1, 0.15) is 0 Å². The lowest BCUT2D eigenvalue weighted by atomic mass is 10.1. The Balaban J connectivity index is 2.58. The van der Waals surface area contributed by atoms with E-state index in [4.69, 9.17) is 20.0 Å². The van der Waals surface area contributed by atoms with Crippen molar-refractivity contribution in [1.82, 2.24) is 4.83 Å². The summed E-state index contributed by atoms with van der Waals surface area (Å²) in [6, 6.07) is 6.44. The molecule has 0 aromatic heterocycles. The van der Waals surface area contributed by atoms with Crippen LogP contribution in [0.5, 0.6) is 0 Å². The molecule has 0 aliphatic heterocycles. The van der Waals surface area contributed by atoms with E-state index in [0.717, 1.165) is 4.83 Å². The van der Waals surface area contributed by atoms with Crippen LogP contribution in [0, 0.1) is 0 Å².